The molecule has 5 heteroatoms. The van der Waals surface area contributed by atoms with Gasteiger partial charge in [0.25, 0.3) is 0 Å². The van der Waals surface area contributed by atoms with E-state index in [1.165, 1.54) is 0 Å². The summed E-state index contributed by atoms with van der Waals surface area (Å²) in [6.45, 7) is 6.06. The molecule has 1 N–H and O–H groups in total. The van der Waals surface area contributed by atoms with Gasteiger partial charge in [-0.25, -0.2) is 0 Å². The monoisotopic (exact) mass is 243 g/mol. The van der Waals surface area contributed by atoms with Gasteiger partial charge in [-0.3, -0.25) is 0 Å². The summed E-state index contributed by atoms with van der Waals surface area (Å²) < 4.78 is 35.7. The molecule has 0 aliphatic carbocycles. The topological polar surface area (TPSA) is 12.0 Å². The predicted octanol–water partition coefficient (Wildman–Crippen LogP) is 3.65. The van der Waals surface area contributed by atoms with Crippen molar-refractivity contribution < 1.29 is 13.2 Å². The van der Waals surface area contributed by atoms with Crippen LogP contribution in [0, 0.1) is 5.41 Å². The fourth-order valence-electron chi connectivity index (χ4n) is 1.48. The molecule has 1 nitrogen and oxygen atoms in total. The van der Waals surface area contributed by atoms with Crippen molar-refractivity contribution in [1.29, 1.82) is 0 Å². The molecule has 0 radical (unpaired) electrons. The second-order valence-electron chi connectivity index (χ2n) is 4.60. The molecular formula is C10H20F3NS. The maximum Gasteiger partial charge on any atom is 0.441 e. The summed E-state index contributed by atoms with van der Waals surface area (Å²) >= 11 is 0.0747. The van der Waals surface area contributed by atoms with Gasteiger partial charge in [0.05, 0.1) is 0 Å². The zero-order valence-electron chi connectivity index (χ0n) is 9.74. The highest BCUT2D eigenvalue weighted by atomic mass is 32.2. The van der Waals surface area contributed by atoms with Gasteiger partial charge < -0.3 is 5.32 Å². The van der Waals surface area contributed by atoms with Crippen LogP contribution in [0.3, 0.4) is 0 Å². The summed E-state index contributed by atoms with van der Waals surface area (Å²) in [5.74, 6) is 0.146. The first-order valence-corrected chi connectivity index (χ1v) is 6.03. The molecular weight excluding hydrogens is 223 g/mol. The highest BCUT2D eigenvalue weighted by Gasteiger charge is 2.29. The molecule has 1 unspecified atom stereocenters. The van der Waals surface area contributed by atoms with E-state index >= 15 is 0 Å². The summed E-state index contributed by atoms with van der Waals surface area (Å²) in [5, 5.41) is 3.10. The number of halogens is 3. The molecule has 0 spiro atoms. The van der Waals surface area contributed by atoms with Crippen LogP contribution < -0.4 is 5.32 Å². The molecule has 0 aliphatic heterocycles. The van der Waals surface area contributed by atoms with Crippen LogP contribution in [-0.2, 0) is 0 Å². The summed E-state index contributed by atoms with van der Waals surface area (Å²) in [6, 6.07) is 0.343. The normalized spacial score (nSPS) is 15.4. The molecule has 1 atom stereocenters. The van der Waals surface area contributed by atoms with E-state index in [1.807, 2.05) is 27.8 Å². The molecule has 0 saturated carbocycles. The number of nitrogens with one attached hydrogen (secondary N) is 1. The van der Waals surface area contributed by atoms with Crippen molar-refractivity contribution in [2.24, 2.45) is 5.41 Å². The minimum absolute atomic E-state index is 0.0410. The van der Waals surface area contributed by atoms with E-state index in [1.54, 1.807) is 0 Å². The molecule has 0 saturated heterocycles. The van der Waals surface area contributed by atoms with E-state index in [2.05, 4.69) is 5.32 Å². The Morgan fingerprint density at radius 3 is 2.20 bits per heavy atom. The molecule has 0 aromatic heterocycles. The average Bonchev–Trinajstić information content (AvgIpc) is 2.00. The minimum atomic E-state index is -4.09. The van der Waals surface area contributed by atoms with Crippen LogP contribution in [0.4, 0.5) is 13.2 Å². The Morgan fingerprint density at radius 2 is 1.80 bits per heavy atom. The lowest BCUT2D eigenvalue weighted by atomic mass is 9.84. The van der Waals surface area contributed by atoms with Gasteiger partial charge in [-0.2, -0.15) is 13.2 Å². The highest BCUT2D eigenvalue weighted by molar-refractivity contribution is 8.00. The number of rotatable bonds is 6. The largest absolute Gasteiger partial charge is 0.441 e. The Hall–Kier alpha value is 0.100. The Balaban J connectivity index is 3.84. The van der Waals surface area contributed by atoms with E-state index < -0.39 is 5.51 Å². The summed E-state index contributed by atoms with van der Waals surface area (Å²) in [7, 11) is 1.87. The molecule has 0 rings (SSSR count). The van der Waals surface area contributed by atoms with E-state index in [0.29, 0.717) is 12.5 Å². The Labute approximate surface area is 94.2 Å². The van der Waals surface area contributed by atoms with E-state index in [-0.39, 0.29) is 22.9 Å². The van der Waals surface area contributed by atoms with Gasteiger partial charge in [-0.15, -0.1) is 0 Å². The van der Waals surface area contributed by atoms with E-state index in [0.717, 1.165) is 6.42 Å². The predicted molar refractivity (Wildman–Crippen MR) is 60.0 cm³/mol. The quantitative estimate of drug-likeness (QED) is 0.764. The third-order valence-electron chi connectivity index (χ3n) is 2.40. The van der Waals surface area contributed by atoms with Gasteiger partial charge in [-0.1, -0.05) is 25.6 Å². The highest BCUT2D eigenvalue weighted by Crippen LogP contribution is 2.35. The second kappa shape index (κ2) is 5.99. The van der Waals surface area contributed by atoms with Crippen molar-refractivity contribution in [3.63, 3.8) is 0 Å². The molecule has 15 heavy (non-hydrogen) atoms. The zero-order chi connectivity index (χ0) is 12.1. The maximum atomic E-state index is 11.9. The number of thioether (sulfide) groups is 1. The molecule has 0 aromatic carbocycles. The van der Waals surface area contributed by atoms with Crippen molar-refractivity contribution in [1.82, 2.24) is 5.32 Å². The van der Waals surface area contributed by atoms with Crippen LogP contribution in [0.15, 0.2) is 0 Å². The van der Waals surface area contributed by atoms with Crippen molar-refractivity contribution in [2.75, 3.05) is 12.8 Å². The van der Waals surface area contributed by atoms with Crippen LogP contribution >= 0.6 is 11.8 Å². The fraction of sp³-hybridized carbons (Fsp3) is 1.00. The average molecular weight is 243 g/mol. The first-order valence-electron chi connectivity index (χ1n) is 5.04. The van der Waals surface area contributed by atoms with Gasteiger partial charge in [0, 0.05) is 11.8 Å². The third kappa shape index (κ3) is 9.05. The standard InChI is InChI=1S/C10H20F3NS/c1-8(14-4)7-9(2,3)5-6-15-10(11,12)13/h8,14H,5-7H2,1-4H3. The second-order valence-corrected chi connectivity index (χ2v) is 5.76. The maximum absolute atomic E-state index is 11.9. The lowest BCUT2D eigenvalue weighted by Crippen LogP contribution is -2.28. The van der Waals surface area contributed by atoms with E-state index in [9.17, 15) is 13.2 Å². The number of alkyl halides is 3. The van der Waals surface area contributed by atoms with Crippen molar-refractivity contribution >= 4 is 11.8 Å². The number of hydrogen-bond donors (Lipinski definition) is 1. The van der Waals surface area contributed by atoms with Gasteiger partial charge in [-0.05, 0) is 32.2 Å². The SMILES string of the molecule is CNC(C)CC(C)(C)CCSC(F)(F)F. The Bertz CT molecular complexity index is 180. The van der Waals surface area contributed by atoms with Crippen molar-refractivity contribution in [2.45, 2.75) is 45.2 Å². The van der Waals surface area contributed by atoms with Crippen molar-refractivity contribution in [3.05, 3.63) is 0 Å². The lowest BCUT2D eigenvalue weighted by Gasteiger charge is -2.27. The van der Waals surface area contributed by atoms with E-state index in [4.69, 9.17) is 0 Å². The summed E-state index contributed by atoms with van der Waals surface area (Å²) in [5.41, 5.74) is -4.13. The third-order valence-corrected chi connectivity index (χ3v) is 3.13. The zero-order valence-corrected chi connectivity index (χ0v) is 10.6. The van der Waals surface area contributed by atoms with Crippen LogP contribution in [0.5, 0.6) is 0 Å². The molecule has 0 bridgehead atoms. The smallest absolute Gasteiger partial charge is 0.317 e. The van der Waals surface area contributed by atoms with Gasteiger partial charge in [0.2, 0.25) is 0 Å². The Kier molecular flexibility index (Phi) is 6.03. The Morgan fingerprint density at radius 1 is 1.27 bits per heavy atom. The first-order chi connectivity index (χ1) is 6.66. The molecule has 0 fully saturated rings. The minimum Gasteiger partial charge on any atom is -0.317 e. The molecule has 0 aliphatic rings. The van der Waals surface area contributed by atoms with Crippen LogP contribution in [-0.4, -0.2) is 24.4 Å². The first kappa shape index (κ1) is 15.1. The molecule has 0 aromatic rings. The van der Waals surface area contributed by atoms with Crippen LogP contribution in [0.25, 0.3) is 0 Å². The molecule has 0 amide bonds. The van der Waals surface area contributed by atoms with Crippen LogP contribution in [0.1, 0.15) is 33.6 Å². The molecule has 92 valence electrons. The van der Waals surface area contributed by atoms with Gasteiger partial charge in [0.1, 0.15) is 0 Å². The summed E-state index contributed by atoms with van der Waals surface area (Å²) in [6.07, 6.45) is 1.48. The van der Waals surface area contributed by atoms with Crippen LogP contribution in [0.2, 0.25) is 0 Å². The lowest BCUT2D eigenvalue weighted by molar-refractivity contribution is -0.0329. The molecule has 0 heterocycles. The van der Waals surface area contributed by atoms with Gasteiger partial charge >= 0.3 is 5.51 Å². The fourth-order valence-corrected chi connectivity index (χ4v) is 2.36. The number of hydrogen-bond acceptors (Lipinski definition) is 2. The summed E-state index contributed by atoms with van der Waals surface area (Å²) in [4.78, 5) is 0. The van der Waals surface area contributed by atoms with Gasteiger partial charge in [0.15, 0.2) is 0 Å². The van der Waals surface area contributed by atoms with Crippen molar-refractivity contribution in [3.8, 4) is 0 Å².